The molecule has 0 spiro atoms. The molecular formula is C77H58N4OPtSi-2. The Kier molecular flexibility index (Phi) is 8.33. The molecule has 0 saturated carbocycles. The molecule has 14 aromatic rings. The first-order chi connectivity index (χ1) is 51.9. The number of aromatic nitrogens is 4. The Balaban J connectivity index is 0.0000108. The molecule has 0 atom stereocenters. The second-order valence-corrected chi connectivity index (χ2v) is 23.8. The van der Waals surface area contributed by atoms with Crippen molar-refractivity contribution in [3.8, 4) is 62.1 Å². The van der Waals surface area contributed by atoms with Crippen molar-refractivity contribution in [2.24, 2.45) is 0 Å². The van der Waals surface area contributed by atoms with Crippen LogP contribution in [-0.2, 0) is 26.5 Å². The van der Waals surface area contributed by atoms with Crippen molar-refractivity contribution in [3.63, 3.8) is 0 Å². The zero-order valence-electron chi connectivity index (χ0n) is 71.7. The minimum Gasteiger partial charge on any atom is -0.510 e. The summed E-state index contributed by atoms with van der Waals surface area (Å²) < 4.78 is 264. The van der Waals surface area contributed by atoms with Gasteiger partial charge in [-0.05, 0) is 113 Å². The summed E-state index contributed by atoms with van der Waals surface area (Å²) in [6.45, 7) is 3.39. The molecule has 408 valence electrons. The zero-order valence-corrected chi connectivity index (χ0v) is 48.0. The minimum atomic E-state index is -6.42. The molecule has 0 N–H and O–H groups in total. The fourth-order valence-electron chi connectivity index (χ4n) is 10.6. The van der Waals surface area contributed by atoms with Gasteiger partial charge in [-0.3, -0.25) is 4.57 Å². The molecule has 3 heterocycles. The molecule has 0 aliphatic rings. The second-order valence-electron chi connectivity index (χ2n) is 20.3. The zero-order chi connectivity index (χ0) is 79.5. The van der Waals surface area contributed by atoms with E-state index in [2.05, 4.69) is 39.2 Å². The van der Waals surface area contributed by atoms with E-state index in [4.69, 9.17) is 24.8 Å². The van der Waals surface area contributed by atoms with E-state index in [-0.39, 0.29) is 93.8 Å². The van der Waals surface area contributed by atoms with Gasteiger partial charge in [0.05, 0.1) is 49.6 Å². The van der Waals surface area contributed by atoms with Crippen molar-refractivity contribution in [3.05, 3.63) is 308 Å². The van der Waals surface area contributed by atoms with E-state index < -0.39 is 186 Å². The SMILES string of the molecule is [2H]c1c([2H])c([2H])c(-c2ccc3c(c2)n(-c2[c-]c(Oc4[c-]c5c(cc4)c4ccccc4n5-c4cc(C(C)(C)C)ccn4)ccc2)[c-][n+]3-c2c(-c3ccccc3C([2H])([2H])[2H])cccc2-c2c([2H])c([2H])c([2H])c([Si](c3c([2H])c([2H])c([2H])c([2H])c3[2H])(c3c([2H])c([2H])c([2H])c([2H])c3[2H])c3c([2H])c([2H])c([2H])c([2H])c3[2H])c2[2H])c([2H])c1[2H].[Pt]. The van der Waals surface area contributed by atoms with E-state index in [1.54, 1.807) is 30.5 Å². The normalized spacial score (nSPS) is 16.4. The van der Waals surface area contributed by atoms with Crippen LogP contribution in [-0.4, -0.2) is 22.2 Å². The number of imidazole rings is 1. The molecule has 84 heavy (non-hydrogen) atoms. The minimum absolute atomic E-state index is 0. The van der Waals surface area contributed by atoms with Crippen LogP contribution >= 0.6 is 0 Å². The van der Waals surface area contributed by atoms with Gasteiger partial charge in [-0.25, -0.2) is 4.98 Å². The average Bonchev–Trinajstić information content (AvgIpc) is 1.48. The smallest absolute Gasteiger partial charge is 0.268 e. The number of hydrogen-bond donors (Lipinski definition) is 0. The van der Waals surface area contributed by atoms with Gasteiger partial charge in [0.25, 0.3) is 6.33 Å². The second kappa shape index (κ2) is 22.4. The summed E-state index contributed by atoms with van der Waals surface area (Å²) in [6, 6.07) is 16.5. The maximum absolute atomic E-state index is 10.9. The van der Waals surface area contributed by atoms with E-state index in [9.17, 15) is 21.9 Å². The number of hydrogen-bond acceptors (Lipinski definition) is 2. The van der Waals surface area contributed by atoms with Gasteiger partial charge in [0.15, 0.2) is 8.07 Å². The van der Waals surface area contributed by atoms with Crippen molar-refractivity contribution in [1.82, 2.24) is 14.1 Å². The largest absolute Gasteiger partial charge is 0.510 e. The number of fused-ring (bicyclic) bond motifs is 4. The van der Waals surface area contributed by atoms with E-state index >= 15 is 0 Å². The van der Waals surface area contributed by atoms with Gasteiger partial charge in [0, 0.05) is 48.4 Å². The van der Waals surface area contributed by atoms with Gasteiger partial charge in [-0.15, -0.1) is 29.7 Å². The third-order valence-electron chi connectivity index (χ3n) is 14.4. The van der Waals surface area contributed by atoms with Gasteiger partial charge in [-0.1, -0.05) is 244 Å². The first-order valence-electron chi connectivity index (χ1n) is 39.6. The molecule has 0 amide bonds. The van der Waals surface area contributed by atoms with Crippen LogP contribution in [0.15, 0.2) is 279 Å². The quantitative estimate of drug-likeness (QED) is 0.0529. The van der Waals surface area contributed by atoms with Crippen molar-refractivity contribution >= 4 is 61.7 Å². The van der Waals surface area contributed by atoms with E-state index in [1.165, 1.54) is 69.8 Å². The Morgan fingerprint density at radius 1 is 0.536 bits per heavy atom. The van der Waals surface area contributed by atoms with Crippen LogP contribution in [0.5, 0.6) is 11.5 Å². The van der Waals surface area contributed by atoms with E-state index in [1.807, 2.05) is 47.0 Å². The Morgan fingerprint density at radius 3 is 1.89 bits per heavy atom. The Labute approximate surface area is 544 Å². The summed E-state index contributed by atoms with van der Waals surface area (Å²) in [4.78, 5) is 4.81. The molecule has 14 rings (SSSR count). The van der Waals surface area contributed by atoms with Crippen molar-refractivity contribution in [2.75, 3.05) is 0 Å². The third-order valence-corrected chi connectivity index (χ3v) is 18.4. The van der Waals surface area contributed by atoms with E-state index in [0.717, 1.165) is 21.9 Å². The summed E-state index contributed by atoms with van der Waals surface area (Å²) in [5.74, 6) is 0.952. The first-order valence-corrected chi connectivity index (χ1v) is 28.1. The Bertz CT molecular complexity index is 6050. The molecule has 5 nitrogen and oxygen atoms in total. The fourth-order valence-corrected chi connectivity index (χ4v) is 14.1. The number of aryl methyl sites for hydroxylation is 1. The van der Waals surface area contributed by atoms with Gasteiger partial charge in [0.2, 0.25) is 0 Å². The summed E-state index contributed by atoms with van der Waals surface area (Å²) in [7, 11) is -6.42. The van der Waals surface area contributed by atoms with Gasteiger partial charge < -0.3 is 13.9 Å². The number of benzene rings is 11. The predicted octanol–water partition coefficient (Wildman–Crippen LogP) is 15.6. The Morgan fingerprint density at radius 2 is 1.17 bits per heavy atom. The van der Waals surface area contributed by atoms with Crippen molar-refractivity contribution in [2.45, 2.75) is 33.0 Å². The van der Waals surface area contributed by atoms with Crippen LogP contribution < -0.4 is 30.1 Å². The summed E-state index contributed by atoms with van der Waals surface area (Å²) >= 11 is 0. The molecule has 3 aromatic heterocycles. The number of pyridine rings is 1. The molecule has 0 radical (unpaired) electrons. The fraction of sp³-hybridized carbons (Fsp3) is 0.0649. The molecule has 0 saturated heterocycles. The van der Waals surface area contributed by atoms with Crippen molar-refractivity contribution < 1.29 is 67.4 Å². The van der Waals surface area contributed by atoms with Crippen LogP contribution in [0.4, 0.5) is 0 Å². The molecular weight excluding hydrogens is 1220 g/mol. The van der Waals surface area contributed by atoms with Crippen LogP contribution in [0.1, 0.15) is 68.9 Å². The summed E-state index contributed by atoms with van der Waals surface area (Å²) in [5, 5.41) is -2.53. The number of nitrogens with zero attached hydrogens (tertiary/aromatic N) is 4. The molecule has 0 fully saturated rings. The maximum atomic E-state index is 10.9. The van der Waals surface area contributed by atoms with Crippen LogP contribution in [0.2, 0.25) is 0 Å². The monoisotopic (exact) mass is 1300 g/mol. The third kappa shape index (κ3) is 9.61. The standard InChI is InChI=1S/C77H58N4OSi.Pt/c1-54-24-17-18-37-66(54)70-40-23-39-67(57-27-21-36-65(48-57)83(62-30-11-6-12-31-62,63-32-13-7-14-33-63)64-34-15-8-16-35-64)76(70)80-53-79(74-49-56(42-45-72(74)80)55-25-9-5-10-26-55)59-28-22-29-60(51-59)82-61-43-44-69-68-38-19-20-41-71(68)81(73(69)52-61)75-50-58(46-47-78-75)77(2,3)4;/h5-50H,1-4H3;/q-2;/i1D3,5D,6D,7D,8D,9D,10D,11D,12D,13D,14D,15D,16D,21D,25D,26D,27D,30D,31D,32D,33D,34D,35D,36D,48D;. The molecule has 0 aliphatic heterocycles. The number of rotatable bonds is 12. The molecule has 0 aliphatic carbocycles. The number of ether oxygens (including phenoxy) is 1. The topological polar surface area (TPSA) is 35.9 Å². The van der Waals surface area contributed by atoms with E-state index in [0.29, 0.717) is 11.3 Å². The van der Waals surface area contributed by atoms with Gasteiger partial charge in [0.1, 0.15) is 5.82 Å². The predicted molar refractivity (Wildman–Crippen MR) is 343 cm³/mol. The van der Waals surface area contributed by atoms with Gasteiger partial charge in [-0.2, -0.15) is 18.2 Å². The van der Waals surface area contributed by atoms with Gasteiger partial charge >= 0.3 is 0 Å². The van der Waals surface area contributed by atoms with Crippen molar-refractivity contribution in [1.29, 1.82) is 0 Å². The molecule has 11 aromatic carbocycles. The molecule has 0 bridgehead atoms. The maximum Gasteiger partial charge on any atom is 0.268 e. The summed E-state index contributed by atoms with van der Waals surface area (Å²) in [6.07, 6.45) is 5.11. The molecule has 7 heteroatoms. The van der Waals surface area contributed by atoms with Crippen LogP contribution in [0.25, 0.3) is 83.4 Å². The number of para-hydroxylation sites is 2. The van der Waals surface area contributed by atoms with Crippen LogP contribution in [0.3, 0.4) is 0 Å². The Hall–Kier alpha value is -9.45. The average molecular weight is 1310 g/mol. The first kappa shape index (κ1) is 31.3. The van der Waals surface area contributed by atoms with Crippen LogP contribution in [0, 0.1) is 25.3 Å². The molecule has 0 unspecified atom stereocenters. The summed E-state index contributed by atoms with van der Waals surface area (Å²) in [5.41, 5.74) is 0.845.